The van der Waals surface area contributed by atoms with E-state index in [1.54, 1.807) is 0 Å². The molecule has 0 aromatic carbocycles. The number of hydrogen-bond donors (Lipinski definition) is 0. The van der Waals surface area contributed by atoms with Crippen LogP contribution in [0.3, 0.4) is 0 Å². The van der Waals surface area contributed by atoms with E-state index in [0.29, 0.717) is 13.2 Å². The highest BCUT2D eigenvalue weighted by Gasteiger charge is 2.22. The van der Waals surface area contributed by atoms with Crippen LogP contribution >= 0.6 is 0 Å². The fourth-order valence-electron chi connectivity index (χ4n) is 1.19. The van der Waals surface area contributed by atoms with Gasteiger partial charge in [0, 0.05) is 18.4 Å². The van der Waals surface area contributed by atoms with Gasteiger partial charge in [-0.15, -0.1) is 0 Å². The fraction of sp³-hybridized carbons (Fsp3) is 0.600. The SMILES string of the molecule is C[Si](C)(C)COCCN1C(=O)C=CC1=O. The molecule has 15 heavy (non-hydrogen) atoms. The van der Waals surface area contributed by atoms with E-state index in [1.807, 2.05) is 0 Å². The Morgan fingerprint density at radius 1 is 1.20 bits per heavy atom. The van der Waals surface area contributed by atoms with Crippen molar-refractivity contribution in [1.29, 1.82) is 0 Å². The van der Waals surface area contributed by atoms with Crippen molar-refractivity contribution in [2.24, 2.45) is 0 Å². The Bertz CT molecular complexity index is 276. The third kappa shape index (κ3) is 3.97. The van der Waals surface area contributed by atoms with E-state index >= 15 is 0 Å². The molecule has 0 unspecified atom stereocenters. The van der Waals surface area contributed by atoms with Crippen LogP contribution in [-0.2, 0) is 14.3 Å². The lowest BCUT2D eigenvalue weighted by Gasteiger charge is -2.18. The Kier molecular flexibility index (Phi) is 3.81. The van der Waals surface area contributed by atoms with Gasteiger partial charge in [0.25, 0.3) is 11.8 Å². The van der Waals surface area contributed by atoms with Crippen LogP contribution in [0, 0.1) is 0 Å². The molecule has 0 spiro atoms. The van der Waals surface area contributed by atoms with Crippen LogP contribution in [0.1, 0.15) is 0 Å². The summed E-state index contributed by atoms with van der Waals surface area (Å²) in [5, 5.41) is 0. The van der Waals surface area contributed by atoms with E-state index in [0.717, 1.165) is 6.23 Å². The van der Waals surface area contributed by atoms with E-state index in [-0.39, 0.29) is 11.8 Å². The van der Waals surface area contributed by atoms with Crippen molar-refractivity contribution in [3.05, 3.63) is 12.2 Å². The van der Waals surface area contributed by atoms with Crippen molar-refractivity contribution in [3.63, 3.8) is 0 Å². The molecule has 1 aliphatic heterocycles. The second-order valence-corrected chi connectivity index (χ2v) is 10.2. The lowest BCUT2D eigenvalue weighted by molar-refractivity contribution is -0.137. The molecule has 0 aliphatic carbocycles. The summed E-state index contributed by atoms with van der Waals surface area (Å²) < 4.78 is 5.44. The summed E-state index contributed by atoms with van der Waals surface area (Å²) in [4.78, 5) is 23.5. The minimum absolute atomic E-state index is 0.239. The van der Waals surface area contributed by atoms with Gasteiger partial charge in [0.15, 0.2) is 0 Å². The van der Waals surface area contributed by atoms with Crippen LogP contribution in [0.5, 0.6) is 0 Å². The molecular weight excluding hydrogens is 210 g/mol. The third-order valence-corrected chi connectivity index (χ3v) is 2.97. The number of ether oxygens (including phenoxy) is 1. The molecule has 0 N–H and O–H groups in total. The maximum atomic E-state index is 11.1. The summed E-state index contributed by atoms with van der Waals surface area (Å²) in [6.45, 7) is 7.42. The molecule has 0 bridgehead atoms. The molecule has 4 nitrogen and oxygen atoms in total. The Morgan fingerprint density at radius 3 is 2.20 bits per heavy atom. The van der Waals surface area contributed by atoms with Crippen molar-refractivity contribution in [3.8, 4) is 0 Å². The monoisotopic (exact) mass is 227 g/mol. The zero-order valence-corrected chi connectivity index (χ0v) is 10.4. The van der Waals surface area contributed by atoms with Crippen molar-refractivity contribution >= 4 is 19.9 Å². The summed E-state index contributed by atoms with van der Waals surface area (Å²) in [6, 6.07) is 0. The molecule has 2 amide bonds. The highest BCUT2D eigenvalue weighted by Crippen LogP contribution is 2.04. The first-order valence-corrected chi connectivity index (χ1v) is 8.72. The molecule has 84 valence electrons. The topological polar surface area (TPSA) is 46.6 Å². The maximum Gasteiger partial charge on any atom is 0.253 e. The number of rotatable bonds is 5. The minimum Gasteiger partial charge on any atom is -0.383 e. The van der Waals surface area contributed by atoms with Gasteiger partial charge in [-0.1, -0.05) is 19.6 Å². The fourth-order valence-corrected chi connectivity index (χ4v) is 1.94. The average Bonchev–Trinajstić information content (AvgIpc) is 2.40. The molecular formula is C10H17NO3Si. The van der Waals surface area contributed by atoms with Crippen LogP contribution < -0.4 is 0 Å². The zero-order chi connectivity index (χ0) is 11.5. The number of carbonyl (C=O) groups is 2. The first-order valence-electron chi connectivity index (χ1n) is 5.01. The van der Waals surface area contributed by atoms with Crippen molar-refractivity contribution in [2.45, 2.75) is 19.6 Å². The quantitative estimate of drug-likeness (QED) is 0.396. The minimum atomic E-state index is -1.19. The maximum absolute atomic E-state index is 11.1. The summed E-state index contributed by atoms with van der Waals surface area (Å²) >= 11 is 0. The van der Waals surface area contributed by atoms with Gasteiger partial charge in [0.2, 0.25) is 0 Å². The van der Waals surface area contributed by atoms with E-state index in [4.69, 9.17) is 4.74 Å². The van der Waals surface area contributed by atoms with Gasteiger partial charge in [0.1, 0.15) is 0 Å². The number of amides is 2. The summed E-state index contributed by atoms with van der Waals surface area (Å²) in [5.74, 6) is -0.479. The molecule has 0 saturated carbocycles. The van der Waals surface area contributed by atoms with Crippen LogP contribution in [-0.4, -0.2) is 44.2 Å². The van der Waals surface area contributed by atoms with Gasteiger partial charge in [-0.05, 0) is 0 Å². The van der Waals surface area contributed by atoms with Gasteiger partial charge in [-0.3, -0.25) is 14.5 Å². The predicted molar refractivity (Wildman–Crippen MR) is 60.0 cm³/mol. The average molecular weight is 227 g/mol. The second kappa shape index (κ2) is 4.72. The van der Waals surface area contributed by atoms with Gasteiger partial charge in [-0.2, -0.15) is 0 Å². The summed E-state index contributed by atoms with van der Waals surface area (Å²) in [7, 11) is -1.19. The highest BCUT2D eigenvalue weighted by atomic mass is 28.3. The third-order valence-electron chi connectivity index (χ3n) is 1.89. The smallest absolute Gasteiger partial charge is 0.253 e. The van der Waals surface area contributed by atoms with E-state index < -0.39 is 8.07 Å². The van der Waals surface area contributed by atoms with E-state index in [2.05, 4.69) is 19.6 Å². The van der Waals surface area contributed by atoms with Crippen molar-refractivity contribution < 1.29 is 14.3 Å². The molecule has 0 fully saturated rings. The molecule has 1 rings (SSSR count). The molecule has 0 aromatic rings. The van der Waals surface area contributed by atoms with E-state index in [9.17, 15) is 9.59 Å². The van der Waals surface area contributed by atoms with Gasteiger partial charge in [0.05, 0.1) is 21.2 Å². The highest BCUT2D eigenvalue weighted by molar-refractivity contribution is 6.76. The van der Waals surface area contributed by atoms with E-state index in [1.165, 1.54) is 17.1 Å². The first-order chi connectivity index (χ1) is 6.90. The number of hydrogen-bond acceptors (Lipinski definition) is 3. The normalized spacial score (nSPS) is 16.6. The zero-order valence-electron chi connectivity index (χ0n) is 9.45. The second-order valence-electron chi connectivity index (χ2n) is 4.77. The number of carbonyl (C=O) groups excluding carboxylic acids is 2. The van der Waals surface area contributed by atoms with Crippen molar-refractivity contribution in [1.82, 2.24) is 4.90 Å². The molecule has 0 radical (unpaired) electrons. The van der Waals surface area contributed by atoms with Crippen LogP contribution in [0.15, 0.2) is 12.2 Å². The first kappa shape index (κ1) is 12.1. The molecule has 0 aromatic heterocycles. The predicted octanol–water partition coefficient (Wildman–Crippen LogP) is 0.805. The van der Waals surface area contributed by atoms with Crippen LogP contribution in [0.4, 0.5) is 0 Å². The molecule has 1 heterocycles. The largest absolute Gasteiger partial charge is 0.383 e. The standard InChI is InChI=1S/C10H17NO3Si/c1-15(2,3)8-14-7-6-11-9(12)4-5-10(11)13/h4-5H,6-8H2,1-3H3. The van der Waals surface area contributed by atoms with Crippen LogP contribution in [0.2, 0.25) is 19.6 Å². The van der Waals surface area contributed by atoms with Crippen molar-refractivity contribution in [2.75, 3.05) is 19.4 Å². The molecule has 5 heteroatoms. The lowest BCUT2D eigenvalue weighted by atomic mass is 10.5. The Hall–Kier alpha value is -0.943. The molecule has 1 aliphatic rings. The van der Waals surface area contributed by atoms with Gasteiger partial charge < -0.3 is 4.74 Å². The summed E-state index contributed by atoms with van der Waals surface area (Å²) in [5.41, 5.74) is 0. The van der Waals surface area contributed by atoms with Gasteiger partial charge in [-0.25, -0.2) is 0 Å². The Balaban J connectivity index is 2.21. The lowest BCUT2D eigenvalue weighted by Crippen LogP contribution is -2.35. The molecule has 0 atom stereocenters. The summed E-state index contributed by atoms with van der Waals surface area (Å²) in [6.07, 6.45) is 3.35. The number of imide groups is 1. The van der Waals surface area contributed by atoms with Crippen LogP contribution in [0.25, 0.3) is 0 Å². The number of nitrogens with zero attached hydrogens (tertiary/aromatic N) is 1. The Morgan fingerprint density at radius 2 is 1.73 bits per heavy atom. The van der Waals surface area contributed by atoms with Gasteiger partial charge >= 0.3 is 0 Å². The Labute approximate surface area is 90.9 Å². The molecule has 0 saturated heterocycles.